The van der Waals surface area contributed by atoms with E-state index in [1.165, 1.54) is 40.1 Å². The summed E-state index contributed by atoms with van der Waals surface area (Å²) in [6, 6.07) is 2.44. The number of fused-ring (bicyclic) bond motifs is 5. The smallest absolute Gasteiger partial charge is 0.325 e. The molecule has 2 aliphatic heterocycles. The number of phenolic OH excluding ortho intramolecular Hbond substituents is 3. The topological polar surface area (TPSA) is 321 Å². The van der Waals surface area contributed by atoms with Crippen LogP contribution in [0.15, 0.2) is 24.3 Å². The van der Waals surface area contributed by atoms with Crippen molar-refractivity contribution in [3.63, 3.8) is 0 Å². The number of aliphatic hydroxyl groups is 5. The zero-order valence-corrected chi connectivity index (χ0v) is 32.6. The molecule has 11 N–H and O–H groups in total. The highest BCUT2D eigenvalue weighted by Crippen LogP contribution is 2.57. The molecule has 4 aliphatic rings. The van der Waals surface area contributed by atoms with Gasteiger partial charge in [0.25, 0.3) is 5.91 Å². The molecule has 0 radical (unpaired) electrons. The van der Waals surface area contributed by atoms with Crippen molar-refractivity contribution in [1.82, 2.24) is 10.6 Å². The fourth-order valence-electron chi connectivity index (χ4n) is 8.30. The second kappa shape index (κ2) is 16.0. The van der Waals surface area contributed by atoms with Gasteiger partial charge >= 0.3 is 5.97 Å². The lowest BCUT2D eigenvalue weighted by Gasteiger charge is -2.47. The third kappa shape index (κ3) is 6.83. The summed E-state index contributed by atoms with van der Waals surface area (Å²) in [5.41, 5.74) is -3.36. The van der Waals surface area contributed by atoms with E-state index in [0.717, 1.165) is 12.1 Å². The molecule has 2 unspecified atom stereocenters. The van der Waals surface area contributed by atoms with Crippen molar-refractivity contribution in [3.05, 3.63) is 68.8 Å². The number of rotatable bonds is 9. The second-order valence-corrected chi connectivity index (χ2v) is 15.1. The predicted molar refractivity (Wildman–Crippen MR) is 201 cm³/mol. The van der Waals surface area contributed by atoms with Gasteiger partial charge in [-0.25, -0.2) is 0 Å². The van der Waals surface area contributed by atoms with Crippen LogP contribution in [0.2, 0.25) is 0 Å². The first-order valence-corrected chi connectivity index (χ1v) is 18.8. The molecule has 60 heavy (non-hydrogen) atoms. The molecule has 0 bridgehead atoms. The van der Waals surface area contributed by atoms with Gasteiger partial charge in [0, 0.05) is 28.3 Å². The number of methoxy groups -OCH3 is 1. The summed E-state index contributed by atoms with van der Waals surface area (Å²) >= 11 is 0. The van der Waals surface area contributed by atoms with Crippen LogP contribution in [0.25, 0.3) is 11.1 Å². The number of carbonyl (C=O) groups excluding carboxylic acids is 3. The van der Waals surface area contributed by atoms with E-state index in [4.69, 9.17) is 23.7 Å². The van der Waals surface area contributed by atoms with Crippen molar-refractivity contribution in [1.29, 1.82) is 0 Å². The predicted octanol–water partition coefficient (Wildman–Crippen LogP) is -0.612. The first kappa shape index (κ1) is 42.8. The second-order valence-electron chi connectivity index (χ2n) is 15.1. The SMILES string of the molecule is CNC1[C@@H](C)O[C@@H](O[C@H]2c3cc(C)c(C(=O)NC(C)C(=O)O)c(O)c3-c3c(cc4c(c3O)C(=O)c3cc(OC)cc(O)c3C4=O)[C@@H]2O)[C@H](O)[C@H]1O[C@H]1OC[C@H](O)[C@@H](O)[C@@H]1O. The Kier molecular flexibility index (Phi) is 11.4. The number of carboxylic acids is 1. The third-order valence-corrected chi connectivity index (χ3v) is 11.4. The normalized spacial score (nSPS) is 30.1. The number of aryl methyl sites for hydroxylation is 1. The van der Waals surface area contributed by atoms with Crippen LogP contribution in [-0.2, 0) is 23.7 Å². The number of ketones is 2. The number of likely N-dealkylation sites (N-methyl/N-ethyl adjacent to an activating group) is 1. The number of aromatic hydroxyl groups is 3. The minimum atomic E-state index is -1.89. The molecule has 0 spiro atoms. The molecule has 1 amide bonds. The molecule has 2 aliphatic carbocycles. The lowest BCUT2D eigenvalue weighted by molar-refractivity contribution is -0.339. The number of aliphatic hydroxyl groups excluding tert-OH is 5. The standard InChI is InChI=1S/C40H44N2O18/c1-11-6-18-24(31(49)21(11)37(53)42-12(2)38(54)55)23-16(9-17-25(32(23)50)28(46)15-7-14(56-5)8-19(43)22(15)27(17)45)29(47)35(18)59-40-34(52)36(26(41-4)13(3)58-40)60-39-33(51)30(48)20(44)10-57-39/h6-9,12-13,20,26,29-30,33-36,39-41,43-44,47-52H,10H2,1-5H3,(H,42,53)(H,54,55)/t12?,13-,20+,26?,29+,30-,33+,34-,35+,36+,39-,40+/m1/s1. The molecule has 2 saturated heterocycles. The van der Waals surface area contributed by atoms with E-state index in [1.807, 2.05) is 0 Å². The summed E-state index contributed by atoms with van der Waals surface area (Å²) in [4.78, 5) is 53.3. The van der Waals surface area contributed by atoms with Crippen LogP contribution in [0.1, 0.15) is 84.9 Å². The molecule has 7 rings (SSSR count). The van der Waals surface area contributed by atoms with Gasteiger partial charge in [-0.1, -0.05) is 6.07 Å². The number of benzene rings is 3. The van der Waals surface area contributed by atoms with Gasteiger partial charge in [-0.2, -0.15) is 0 Å². The number of carboxylic acid groups (broad SMARTS) is 1. The monoisotopic (exact) mass is 840 g/mol. The molecule has 3 aromatic rings. The van der Waals surface area contributed by atoms with Gasteiger partial charge in [0.1, 0.15) is 71.8 Å². The number of ether oxygens (including phenoxy) is 5. The van der Waals surface area contributed by atoms with E-state index in [-0.39, 0.29) is 33.6 Å². The highest BCUT2D eigenvalue weighted by molar-refractivity contribution is 6.31. The van der Waals surface area contributed by atoms with Gasteiger partial charge in [-0.15, -0.1) is 0 Å². The van der Waals surface area contributed by atoms with Gasteiger partial charge < -0.3 is 80.3 Å². The first-order chi connectivity index (χ1) is 28.3. The largest absolute Gasteiger partial charge is 0.507 e. The number of phenols is 3. The zero-order chi connectivity index (χ0) is 43.8. The van der Waals surface area contributed by atoms with Crippen molar-refractivity contribution in [2.75, 3.05) is 20.8 Å². The minimum Gasteiger partial charge on any atom is -0.507 e. The Morgan fingerprint density at radius 2 is 1.48 bits per heavy atom. The van der Waals surface area contributed by atoms with Crippen molar-refractivity contribution >= 4 is 23.4 Å². The maximum absolute atomic E-state index is 14.1. The molecule has 20 heteroatoms. The van der Waals surface area contributed by atoms with Gasteiger partial charge in [-0.05, 0) is 56.6 Å². The van der Waals surface area contributed by atoms with Crippen LogP contribution in [-0.4, -0.2) is 151 Å². The molecule has 3 aromatic carbocycles. The van der Waals surface area contributed by atoms with Crippen LogP contribution in [0.4, 0.5) is 0 Å². The highest BCUT2D eigenvalue weighted by atomic mass is 16.7. The maximum Gasteiger partial charge on any atom is 0.325 e. The Labute approximate surface area is 340 Å². The summed E-state index contributed by atoms with van der Waals surface area (Å²) in [5, 5.41) is 104. The average molecular weight is 841 g/mol. The summed E-state index contributed by atoms with van der Waals surface area (Å²) in [5.74, 6) is -6.63. The van der Waals surface area contributed by atoms with E-state index in [0.29, 0.717) is 0 Å². The number of carbonyl (C=O) groups is 4. The molecule has 0 saturated carbocycles. The van der Waals surface area contributed by atoms with Crippen LogP contribution in [0.3, 0.4) is 0 Å². The summed E-state index contributed by atoms with van der Waals surface area (Å²) in [7, 11) is 2.80. The summed E-state index contributed by atoms with van der Waals surface area (Å²) < 4.78 is 28.9. The minimum absolute atomic E-state index is 0.0161. The number of amides is 1. The molecule has 2 heterocycles. The Hall–Kier alpha value is -5.26. The number of nitrogens with one attached hydrogen (secondary N) is 2. The van der Waals surface area contributed by atoms with Gasteiger partial charge in [-0.3, -0.25) is 19.2 Å². The van der Waals surface area contributed by atoms with E-state index < -0.39 is 149 Å². The van der Waals surface area contributed by atoms with E-state index in [2.05, 4.69) is 10.6 Å². The van der Waals surface area contributed by atoms with E-state index >= 15 is 0 Å². The molecular weight excluding hydrogens is 796 g/mol. The highest BCUT2D eigenvalue weighted by Gasteiger charge is 2.51. The zero-order valence-electron chi connectivity index (χ0n) is 32.6. The van der Waals surface area contributed by atoms with Crippen molar-refractivity contribution in [3.8, 4) is 34.1 Å². The molecule has 2 fully saturated rings. The van der Waals surface area contributed by atoms with Crippen molar-refractivity contribution in [2.24, 2.45) is 0 Å². The number of hydrogen-bond donors (Lipinski definition) is 11. The fraction of sp³-hybridized carbons (Fsp3) is 0.450. The molecule has 322 valence electrons. The molecule has 12 atom stereocenters. The van der Waals surface area contributed by atoms with Gasteiger partial charge in [0.15, 0.2) is 24.1 Å². The Balaban J connectivity index is 1.37. The fourth-order valence-corrected chi connectivity index (χ4v) is 8.30. The molecule has 20 nitrogen and oxygen atoms in total. The van der Waals surface area contributed by atoms with E-state index in [1.54, 1.807) is 6.92 Å². The van der Waals surface area contributed by atoms with Crippen LogP contribution >= 0.6 is 0 Å². The molecule has 0 aromatic heterocycles. The number of hydrogen-bond acceptors (Lipinski definition) is 18. The van der Waals surface area contributed by atoms with E-state index in [9.17, 15) is 65.1 Å². The average Bonchev–Trinajstić information content (AvgIpc) is 3.19. The van der Waals surface area contributed by atoms with Crippen LogP contribution in [0, 0.1) is 6.92 Å². The van der Waals surface area contributed by atoms with Crippen molar-refractivity contribution < 1.29 is 88.8 Å². The first-order valence-electron chi connectivity index (χ1n) is 18.8. The Morgan fingerprint density at radius 3 is 2.13 bits per heavy atom. The number of aliphatic carboxylic acids is 1. The lowest BCUT2D eigenvalue weighted by Crippen LogP contribution is -2.65. The van der Waals surface area contributed by atoms with Gasteiger partial charge in [0.2, 0.25) is 0 Å². The maximum atomic E-state index is 14.1. The van der Waals surface area contributed by atoms with Crippen molar-refractivity contribution in [2.45, 2.75) is 94.3 Å². The Morgan fingerprint density at radius 1 is 0.833 bits per heavy atom. The quantitative estimate of drug-likeness (QED) is 0.100. The molecular formula is C40H44N2O18. The Bertz CT molecular complexity index is 2280. The lowest BCUT2D eigenvalue weighted by atomic mass is 9.74. The van der Waals surface area contributed by atoms with Gasteiger partial charge in [0.05, 0.1) is 42.6 Å². The summed E-state index contributed by atoms with van der Waals surface area (Å²) in [6.07, 6.45) is -15.5. The van der Waals surface area contributed by atoms with Crippen LogP contribution < -0.4 is 15.4 Å². The third-order valence-electron chi connectivity index (χ3n) is 11.4. The summed E-state index contributed by atoms with van der Waals surface area (Å²) in [6.45, 7) is 3.76. The van der Waals surface area contributed by atoms with Crippen LogP contribution in [0.5, 0.6) is 23.0 Å².